The molecule has 1 aromatic carbocycles. The van der Waals surface area contributed by atoms with Gasteiger partial charge in [-0.2, -0.15) is 0 Å². The molecule has 0 aliphatic heterocycles. The quantitative estimate of drug-likeness (QED) is 0.923. The summed E-state index contributed by atoms with van der Waals surface area (Å²) in [7, 11) is 0. The van der Waals surface area contributed by atoms with Crippen LogP contribution in [0.2, 0.25) is 0 Å². The van der Waals surface area contributed by atoms with Gasteiger partial charge in [0.2, 0.25) is 0 Å². The van der Waals surface area contributed by atoms with Gasteiger partial charge < -0.3 is 10.5 Å². The SMILES string of the molecule is CCOC(CN)Cc1nc2ccc(Br)cc2s1. The van der Waals surface area contributed by atoms with Crippen molar-refractivity contribution in [2.45, 2.75) is 19.4 Å². The van der Waals surface area contributed by atoms with Crippen LogP contribution >= 0.6 is 27.3 Å². The van der Waals surface area contributed by atoms with E-state index in [1.165, 1.54) is 4.70 Å². The lowest BCUT2D eigenvalue weighted by molar-refractivity contribution is 0.0694. The standard InChI is InChI=1S/C12H15BrN2OS/c1-2-16-9(7-14)6-12-15-10-4-3-8(13)5-11(10)17-12/h3-5,9H,2,6-7,14H2,1H3. The zero-order chi connectivity index (χ0) is 12.3. The Labute approximate surface area is 113 Å². The van der Waals surface area contributed by atoms with Crippen molar-refractivity contribution in [2.24, 2.45) is 5.73 Å². The monoisotopic (exact) mass is 314 g/mol. The van der Waals surface area contributed by atoms with Crippen LogP contribution in [-0.2, 0) is 11.2 Å². The average Bonchev–Trinajstić information content (AvgIpc) is 2.69. The molecular formula is C12H15BrN2OS. The molecule has 2 rings (SSSR count). The second-order valence-corrected chi connectivity index (χ2v) is 5.77. The highest BCUT2D eigenvalue weighted by atomic mass is 79.9. The lowest BCUT2D eigenvalue weighted by Gasteiger charge is -2.12. The van der Waals surface area contributed by atoms with Crippen LogP contribution in [-0.4, -0.2) is 24.2 Å². The van der Waals surface area contributed by atoms with E-state index in [1.54, 1.807) is 11.3 Å². The van der Waals surface area contributed by atoms with Gasteiger partial charge in [0.1, 0.15) is 0 Å². The molecule has 1 heterocycles. The summed E-state index contributed by atoms with van der Waals surface area (Å²) in [6.07, 6.45) is 0.866. The van der Waals surface area contributed by atoms with Crippen LogP contribution in [0.4, 0.5) is 0 Å². The molecule has 1 unspecified atom stereocenters. The minimum Gasteiger partial charge on any atom is -0.377 e. The second-order valence-electron chi connectivity index (χ2n) is 3.74. The molecule has 0 aliphatic carbocycles. The fourth-order valence-electron chi connectivity index (χ4n) is 1.67. The maximum atomic E-state index is 5.67. The maximum absolute atomic E-state index is 5.67. The van der Waals surface area contributed by atoms with Gasteiger partial charge in [0.25, 0.3) is 0 Å². The Hall–Kier alpha value is -0.490. The van der Waals surface area contributed by atoms with Crippen molar-refractivity contribution in [3.63, 3.8) is 0 Å². The molecule has 2 N–H and O–H groups in total. The number of thiazole rings is 1. The fourth-order valence-corrected chi connectivity index (χ4v) is 3.26. The van der Waals surface area contributed by atoms with Gasteiger partial charge in [0, 0.05) is 24.0 Å². The summed E-state index contributed by atoms with van der Waals surface area (Å²) in [6.45, 7) is 3.21. The Bertz CT molecular complexity index is 500. The molecule has 2 aromatic rings. The van der Waals surface area contributed by atoms with E-state index in [-0.39, 0.29) is 6.10 Å². The number of nitrogens with zero attached hydrogens (tertiary/aromatic N) is 1. The summed E-state index contributed by atoms with van der Waals surface area (Å²) in [6, 6.07) is 6.13. The molecule has 0 aliphatic rings. The van der Waals surface area contributed by atoms with E-state index in [2.05, 4.69) is 27.0 Å². The number of hydrogen-bond acceptors (Lipinski definition) is 4. The minimum absolute atomic E-state index is 0.0732. The Morgan fingerprint density at radius 2 is 2.35 bits per heavy atom. The first kappa shape index (κ1) is 13.0. The van der Waals surface area contributed by atoms with E-state index >= 15 is 0 Å². The van der Waals surface area contributed by atoms with E-state index in [1.807, 2.05) is 19.1 Å². The summed E-state index contributed by atoms with van der Waals surface area (Å²) in [4.78, 5) is 4.59. The topological polar surface area (TPSA) is 48.1 Å². The third kappa shape index (κ3) is 3.25. The zero-order valence-corrected chi connectivity index (χ0v) is 12.1. The number of nitrogens with two attached hydrogens (primary N) is 1. The summed E-state index contributed by atoms with van der Waals surface area (Å²) in [5.41, 5.74) is 6.71. The van der Waals surface area contributed by atoms with Crippen molar-refractivity contribution in [3.05, 3.63) is 27.7 Å². The van der Waals surface area contributed by atoms with Gasteiger partial charge >= 0.3 is 0 Å². The molecule has 3 nitrogen and oxygen atoms in total. The number of rotatable bonds is 5. The van der Waals surface area contributed by atoms with E-state index in [4.69, 9.17) is 10.5 Å². The van der Waals surface area contributed by atoms with Crippen LogP contribution in [0.1, 0.15) is 11.9 Å². The first-order valence-corrected chi connectivity index (χ1v) is 7.20. The van der Waals surface area contributed by atoms with Crippen LogP contribution in [0.3, 0.4) is 0 Å². The molecule has 0 spiro atoms. The predicted octanol–water partition coefficient (Wildman–Crippen LogP) is 2.97. The van der Waals surface area contributed by atoms with Gasteiger partial charge in [-0.3, -0.25) is 0 Å². The number of ether oxygens (including phenoxy) is 1. The van der Waals surface area contributed by atoms with Gasteiger partial charge in [-0.15, -0.1) is 11.3 Å². The fraction of sp³-hybridized carbons (Fsp3) is 0.417. The highest BCUT2D eigenvalue weighted by Crippen LogP contribution is 2.26. The molecular weight excluding hydrogens is 300 g/mol. The molecule has 5 heteroatoms. The van der Waals surface area contributed by atoms with Crippen molar-refractivity contribution in [1.29, 1.82) is 0 Å². The van der Waals surface area contributed by atoms with E-state index < -0.39 is 0 Å². The Balaban J connectivity index is 2.18. The molecule has 0 amide bonds. The van der Waals surface area contributed by atoms with Gasteiger partial charge in [-0.25, -0.2) is 4.98 Å². The maximum Gasteiger partial charge on any atom is 0.0964 e. The summed E-state index contributed by atoms with van der Waals surface area (Å²) in [5, 5.41) is 1.09. The molecule has 0 fully saturated rings. The summed E-state index contributed by atoms with van der Waals surface area (Å²) >= 11 is 5.17. The molecule has 1 aromatic heterocycles. The second kappa shape index (κ2) is 5.91. The van der Waals surface area contributed by atoms with Gasteiger partial charge in [-0.1, -0.05) is 15.9 Å². The largest absolute Gasteiger partial charge is 0.377 e. The first-order valence-electron chi connectivity index (χ1n) is 5.59. The highest BCUT2D eigenvalue weighted by molar-refractivity contribution is 9.10. The van der Waals surface area contributed by atoms with Crippen LogP contribution < -0.4 is 5.73 Å². The van der Waals surface area contributed by atoms with Crippen LogP contribution in [0.25, 0.3) is 10.2 Å². The van der Waals surface area contributed by atoms with Crippen LogP contribution in [0, 0.1) is 0 Å². The number of aromatic nitrogens is 1. The van der Waals surface area contributed by atoms with Crippen molar-refractivity contribution in [3.8, 4) is 0 Å². The number of benzene rings is 1. The molecule has 0 bridgehead atoms. The van der Waals surface area contributed by atoms with Crippen LogP contribution in [0.5, 0.6) is 0 Å². The lowest BCUT2D eigenvalue weighted by Crippen LogP contribution is -2.25. The third-order valence-corrected chi connectivity index (χ3v) is 4.00. The van der Waals surface area contributed by atoms with Gasteiger partial charge in [0.15, 0.2) is 0 Å². The molecule has 92 valence electrons. The Morgan fingerprint density at radius 1 is 1.53 bits per heavy atom. The Kier molecular flexibility index (Phi) is 4.50. The van der Waals surface area contributed by atoms with Gasteiger partial charge in [0.05, 0.1) is 21.3 Å². The van der Waals surface area contributed by atoms with E-state index in [0.717, 1.165) is 21.4 Å². The Morgan fingerprint density at radius 3 is 3.06 bits per heavy atom. The number of fused-ring (bicyclic) bond motifs is 1. The molecule has 0 radical (unpaired) electrons. The number of hydrogen-bond donors (Lipinski definition) is 1. The zero-order valence-electron chi connectivity index (χ0n) is 9.65. The van der Waals surface area contributed by atoms with Crippen LogP contribution in [0.15, 0.2) is 22.7 Å². The highest BCUT2D eigenvalue weighted by Gasteiger charge is 2.11. The van der Waals surface area contributed by atoms with Crippen molar-refractivity contribution < 1.29 is 4.74 Å². The van der Waals surface area contributed by atoms with Crippen molar-refractivity contribution in [2.75, 3.05) is 13.2 Å². The third-order valence-electron chi connectivity index (χ3n) is 2.46. The van der Waals surface area contributed by atoms with E-state index in [9.17, 15) is 0 Å². The minimum atomic E-state index is 0.0732. The molecule has 0 saturated carbocycles. The molecule has 1 atom stereocenters. The smallest absolute Gasteiger partial charge is 0.0964 e. The average molecular weight is 315 g/mol. The van der Waals surface area contributed by atoms with Gasteiger partial charge in [-0.05, 0) is 25.1 Å². The lowest BCUT2D eigenvalue weighted by atomic mass is 10.2. The normalized spacial score (nSPS) is 13.1. The summed E-state index contributed by atoms with van der Waals surface area (Å²) in [5.74, 6) is 0. The summed E-state index contributed by atoms with van der Waals surface area (Å²) < 4.78 is 7.83. The predicted molar refractivity (Wildman–Crippen MR) is 75.5 cm³/mol. The van der Waals surface area contributed by atoms with Crippen molar-refractivity contribution in [1.82, 2.24) is 4.98 Å². The first-order chi connectivity index (χ1) is 8.22. The molecule has 17 heavy (non-hydrogen) atoms. The van der Waals surface area contributed by atoms with Crippen molar-refractivity contribution >= 4 is 37.5 Å². The number of halogens is 1. The van der Waals surface area contributed by atoms with E-state index in [0.29, 0.717) is 13.2 Å². The molecule has 0 saturated heterocycles.